The molecule has 0 aliphatic heterocycles. The van der Waals surface area contributed by atoms with Crippen molar-refractivity contribution in [3.05, 3.63) is 55.7 Å². The van der Waals surface area contributed by atoms with Crippen molar-refractivity contribution in [1.82, 2.24) is 9.97 Å². The van der Waals surface area contributed by atoms with Crippen LogP contribution < -0.4 is 10.3 Å². The predicted molar refractivity (Wildman–Crippen MR) is 96.1 cm³/mol. The summed E-state index contributed by atoms with van der Waals surface area (Å²) in [6.07, 6.45) is 0. The van der Waals surface area contributed by atoms with Crippen molar-refractivity contribution in [3.8, 4) is 5.75 Å². The van der Waals surface area contributed by atoms with E-state index >= 15 is 0 Å². The first-order valence-electron chi connectivity index (χ1n) is 7.68. The molecule has 0 saturated carbocycles. The highest BCUT2D eigenvalue weighted by Crippen LogP contribution is 2.28. The first kappa shape index (κ1) is 18.3. The van der Waals surface area contributed by atoms with Crippen LogP contribution in [0.25, 0.3) is 11.1 Å². The first-order chi connectivity index (χ1) is 12.4. The third-order valence-corrected chi connectivity index (χ3v) is 4.06. The number of nitrogens with zero attached hydrogens (tertiary/aromatic N) is 1. The Labute approximate surface area is 157 Å². The number of H-pyrrole nitrogens is 1. The van der Waals surface area contributed by atoms with Crippen molar-refractivity contribution in [3.63, 3.8) is 0 Å². The molecule has 0 amide bonds. The molecular weight excluding hydrogens is 383 g/mol. The van der Waals surface area contributed by atoms with Crippen molar-refractivity contribution in [2.24, 2.45) is 0 Å². The highest BCUT2D eigenvalue weighted by molar-refractivity contribution is 6.35. The molecule has 26 heavy (non-hydrogen) atoms. The summed E-state index contributed by atoms with van der Waals surface area (Å²) in [4.78, 5) is 31.2. The van der Waals surface area contributed by atoms with Gasteiger partial charge in [-0.2, -0.15) is 4.98 Å². The molecule has 0 aliphatic rings. The van der Waals surface area contributed by atoms with Gasteiger partial charge in [0.15, 0.2) is 5.82 Å². The van der Waals surface area contributed by atoms with E-state index in [1.54, 1.807) is 32.0 Å². The Bertz CT molecular complexity index is 1040. The first-order valence-corrected chi connectivity index (χ1v) is 8.43. The maximum atomic E-state index is 12.4. The summed E-state index contributed by atoms with van der Waals surface area (Å²) in [6, 6.07) is 4.78. The van der Waals surface area contributed by atoms with E-state index in [4.69, 9.17) is 37.1 Å². The van der Waals surface area contributed by atoms with E-state index in [0.717, 1.165) is 0 Å². The Balaban J connectivity index is 1.92. The number of ether oxygens (including phenoxy) is 2. The van der Waals surface area contributed by atoms with Crippen LogP contribution in [0.15, 0.2) is 27.4 Å². The van der Waals surface area contributed by atoms with Gasteiger partial charge in [0.2, 0.25) is 5.71 Å². The van der Waals surface area contributed by atoms with Crippen LogP contribution in [0.4, 0.5) is 0 Å². The van der Waals surface area contributed by atoms with Crippen LogP contribution in [0.2, 0.25) is 10.0 Å². The average Bonchev–Trinajstić information content (AvgIpc) is 2.91. The molecule has 2 heterocycles. The lowest BCUT2D eigenvalue weighted by Crippen LogP contribution is -2.16. The second kappa shape index (κ2) is 7.39. The minimum absolute atomic E-state index is 0.0371. The number of carbonyl (C=O) groups excluding carboxylic acids is 1. The van der Waals surface area contributed by atoms with Gasteiger partial charge in [0.25, 0.3) is 5.56 Å². The summed E-state index contributed by atoms with van der Waals surface area (Å²) < 4.78 is 16.0. The van der Waals surface area contributed by atoms with Gasteiger partial charge in [0.1, 0.15) is 29.1 Å². The zero-order valence-corrected chi connectivity index (χ0v) is 15.4. The quantitative estimate of drug-likeness (QED) is 0.657. The van der Waals surface area contributed by atoms with Gasteiger partial charge in [-0.1, -0.05) is 23.2 Å². The molecule has 2 aromatic heterocycles. The number of aryl methyl sites for hydroxylation is 1. The van der Waals surface area contributed by atoms with Crippen LogP contribution in [0.3, 0.4) is 0 Å². The second-order valence-electron chi connectivity index (χ2n) is 5.31. The number of hydrogen-bond acceptors (Lipinski definition) is 6. The number of benzene rings is 1. The lowest BCUT2D eigenvalue weighted by Gasteiger charge is -2.07. The van der Waals surface area contributed by atoms with Gasteiger partial charge in [-0.15, -0.1) is 0 Å². The second-order valence-corrected chi connectivity index (χ2v) is 6.15. The summed E-state index contributed by atoms with van der Waals surface area (Å²) in [5, 5.41) is 0.862. The normalized spacial score (nSPS) is 10.9. The van der Waals surface area contributed by atoms with E-state index < -0.39 is 11.5 Å². The topological polar surface area (TPSA) is 94.4 Å². The fourth-order valence-electron chi connectivity index (χ4n) is 2.42. The number of aromatic amines is 1. The molecule has 1 N–H and O–H groups in total. The van der Waals surface area contributed by atoms with E-state index in [0.29, 0.717) is 15.8 Å². The maximum Gasteiger partial charge on any atom is 0.342 e. The van der Waals surface area contributed by atoms with Gasteiger partial charge in [0, 0.05) is 5.02 Å². The maximum absolute atomic E-state index is 12.4. The zero-order valence-electron chi connectivity index (χ0n) is 13.9. The smallest absolute Gasteiger partial charge is 0.342 e. The van der Waals surface area contributed by atoms with Crippen LogP contribution >= 0.6 is 23.2 Å². The molecule has 1 aromatic carbocycles. The van der Waals surface area contributed by atoms with Gasteiger partial charge in [-0.3, -0.25) is 4.79 Å². The number of furan rings is 1. The summed E-state index contributed by atoms with van der Waals surface area (Å²) in [5.41, 5.74) is -0.408. The number of halogens is 2. The fourth-order valence-corrected chi connectivity index (χ4v) is 2.88. The van der Waals surface area contributed by atoms with E-state index in [1.807, 2.05) is 0 Å². The molecule has 0 atom stereocenters. The molecule has 3 rings (SSSR count). The monoisotopic (exact) mass is 396 g/mol. The molecule has 9 heteroatoms. The fraction of sp³-hybridized carbons (Fsp3) is 0.235. The lowest BCUT2D eigenvalue weighted by molar-refractivity contribution is 0.0526. The molecule has 0 fully saturated rings. The van der Waals surface area contributed by atoms with Gasteiger partial charge >= 0.3 is 5.97 Å². The van der Waals surface area contributed by atoms with Crippen LogP contribution in [-0.4, -0.2) is 22.5 Å². The van der Waals surface area contributed by atoms with E-state index in [2.05, 4.69) is 9.97 Å². The highest BCUT2D eigenvalue weighted by Gasteiger charge is 2.23. The Hall–Kier alpha value is -2.51. The van der Waals surface area contributed by atoms with Crippen molar-refractivity contribution < 1.29 is 18.7 Å². The van der Waals surface area contributed by atoms with Crippen LogP contribution in [0.1, 0.15) is 28.9 Å². The highest BCUT2D eigenvalue weighted by atomic mass is 35.5. The number of aromatic nitrogens is 2. The van der Waals surface area contributed by atoms with Crippen molar-refractivity contribution in [2.45, 2.75) is 20.5 Å². The van der Waals surface area contributed by atoms with Crippen LogP contribution in [0.5, 0.6) is 5.75 Å². The largest absolute Gasteiger partial charge is 0.484 e. The van der Waals surface area contributed by atoms with E-state index in [-0.39, 0.29) is 41.5 Å². The Morgan fingerprint density at radius 1 is 1.35 bits per heavy atom. The van der Waals surface area contributed by atoms with Gasteiger partial charge in [-0.25, -0.2) is 4.79 Å². The number of fused-ring (bicyclic) bond motifs is 1. The van der Waals surface area contributed by atoms with Gasteiger partial charge < -0.3 is 18.9 Å². The number of rotatable bonds is 5. The van der Waals surface area contributed by atoms with Gasteiger partial charge in [0.05, 0.1) is 11.6 Å². The SMILES string of the molecule is CCOC(=O)c1c(C)oc2nc(COc3ccc(Cl)cc3Cl)[nH]c(=O)c12. The molecule has 3 aromatic rings. The summed E-state index contributed by atoms with van der Waals surface area (Å²) >= 11 is 11.9. The molecular formula is C17H14Cl2N2O5. The minimum Gasteiger partial charge on any atom is -0.484 e. The average molecular weight is 397 g/mol. The molecule has 0 radical (unpaired) electrons. The molecule has 0 unspecified atom stereocenters. The molecule has 0 saturated heterocycles. The summed E-state index contributed by atoms with van der Waals surface area (Å²) in [7, 11) is 0. The van der Waals surface area contributed by atoms with Crippen molar-refractivity contribution >= 4 is 40.3 Å². The third kappa shape index (κ3) is 3.54. The molecule has 0 bridgehead atoms. The van der Waals surface area contributed by atoms with Crippen molar-refractivity contribution in [1.29, 1.82) is 0 Å². The Kier molecular flexibility index (Phi) is 5.20. The number of hydrogen-bond donors (Lipinski definition) is 1. The lowest BCUT2D eigenvalue weighted by atomic mass is 10.2. The number of nitrogens with one attached hydrogen (secondary N) is 1. The molecule has 0 aliphatic carbocycles. The standard InChI is InChI=1S/C17H14Cl2N2O5/c1-3-24-17(23)13-8(2)26-16-14(13)15(22)20-12(21-16)7-25-11-5-4-9(18)6-10(11)19/h4-6H,3,7H2,1-2H3,(H,20,21,22). The van der Waals surface area contributed by atoms with Gasteiger partial charge in [-0.05, 0) is 32.0 Å². The third-order valence-electron chi connectivity index (χ3n) is 3.52. The Morgan fingerprint density at radius 2 is 2.12 bits per heavy atom. The van der Waals surface area contributed by atoms with E-state index in [9.17, 15) is 9.59 Å². The van der Waals surface area contributed by atoms with E-state index in [1.165, 1.54) is 0 Å². The molecule has 0 spiro atoms. The minimum atomic E-state index is -0.631. The summed E-state index contributed by atoms with van der Waals surface area (Å²) in [5.74, 6) is 0.239. The van der Waals surface area contributed by atoms with Crippen molar-refractivity contribution in [2.75, 3.05) is 6.61 Å². The number of esters is 1. The van der Waals surface area contributed by atoms with Crippen LogP contribution in [0, 0.1) is 6.92 Å². The molecule has 7 nitrogen and oxygen atoms in total. The number of carbonyl (C=O) groups is 1. The summed E-state index contributed by atoms with van der Waals surface area (Å²) in [6.45, 7) is 3.37. The Morgan fingerprint density at radius 3 is 2.81 bits per heavy atom. The van der Waals surface area contributed by atoms with Crippen LogP contribution in [-0.2, 0) is 11.3 Å². The zero-order chi connectivity index (χ0) is 18.8. The molecule has 136 valence electrons. The predicted octanol–water partition coefficient (Wildman–Crippen LogP) is 3.89.